The van der Waals surface area contributed by atoms with E-state index in [0.717, 1.165) is 42.0 Å². The second kappa shape index (κ2) is 10.2. The molecule has 0 saturated carbocycles. The van der Waals surface area contributed by atoms with Gasteiger partial charge in [-0.25, -0.2) is 0 Å². The highest BCUT2D eigenvalue weighted by molar-refractivity contribution is 5.95. The maximum absolute atomic E-state index is 12.8. The van der Waals surface area contributed by atoms with E-state index in [9.17, 15) is 22.8 Å². The van der Waals surface area contributed by atoms with Crippen molar-refractivity contribution in [2.75, 3.05) is 36.4 Å². The number of rotatable bonds is 5. The van der Waals surface area contributed by atoms with Gasteiger partial charge < -0.3 is 15.1 Å². The third kappa shape index (κ3) is 5.58. The van der Waals surface area contributed by atoms with Crippen LogP contribution in [0.5, 0.6) is 0 Å². The number of hydrogen-bond acceptors (Lipinski definition) is 5. The number of piperidine rings is 1. The monoisotopic (exact) mass is 509 g/mol. The van der Waals surface area contributed by atoms with Crippen LogP contribution in [0.2, 0.25) is 0 Å². The third-order valence-corrected chi connectivity index (χ3v) is 7.03. The van der Waals surface area contributed by atoms with Crippen LogP contribution in [0.1, 0.15) is 40.2 Å². The first kappa shape index (κ1) is 24.7. The Balaban J connectivity index is 1.10. The molecule has 2 amide bonds. The van der Waals surface area contributed by atoms with E-state index >= 15 is 0 Å². The van der Waals surface area contributed by atoms with E-state index in [2.05, 4.69) is 15.5 Å². The standard InChI is InChI=1S/C27H26F3N5O2/c28-27(29,30)22-7-3-20(4-8-22)26(37)34-14-11-19(12-15-34)18-5-9-23(10-6-18)32-25(36)21-16-35(17-21)24-2-1-13-31-33-24/h1-10,13,19,21H,11-12,14-17H2,(H,32,36). The summed E-state index contributed by atoms with van der Waals surface area (Å²) in [5.74, 6) is 0.659. The highest BCUT2D eigenvalue weighted by Crippen LogP contribution is 2.31. The number of benzene rings is 2. The molecule has 5 rings (SSSR count). The molecule has 0 spiro atoms. The van der Waals surface area contributed by atoms with Crippen LogP contribution >= 0.6 is 0 Å². The van der Waals surface area contributed by atoms with Crippen LogP contribution in [0.15, 0.2) is 66.9 Å². The minimum absolute atomic E-state index is 0.0250. The summed E-state index contributed by atoms with van der Waals surface area (Å²) < 4.78 is 38.3. The molecule has 1 aromatic heterocycles. The average molecular weight is 510 g/mol. The number of nitrogens with one attached hydrogen (secondary N) is 1. The van der Waals surface area contributed by atoms with Crippen molar-refractivity contribution >= 4 is 23.3 Å². The Labute approximate surface area is 212 Å². The van der Waals surface area contributed by atoms with Gasteiger partial charge in [0.2, 0.25) is 5.91 Å². The first-order chi connectivity index (χ1) is 17.8. The molecule has 2 fully saturated rings. The average Bonchev–Trinajstić information content (AvgIpc) is 2.88. The number of nitrogens with zero attached hydrogens (tertiary/aromatic N) is 4. The summed E-state index contributed by atoms with van der Waals surface area (Å²) in [6.45, 7) is 2.28. The molecule has 0 aliphatic carbocycles. The summed E-state index contributed by atoms with van der Waals surface area (Å²) in [4.78, 5) is 29.0. The molecule has 0 bridgehead atoms. The van der Waals surface area contributed by atoms with Crippen LogP contribution in [0.25, 0.3) is 0 Å². The predicted molar refractivity (Wildman–Crippen MR) is 132 cm³/mol. The van der Waals surface area contributed by atoms with Crippen LogP contribution in [0, 0.1) is 5.92 Å². The number of likely N-dealkylation sites (tertiary alicyclic amines) is 1. The normalized spacial score (nSPS) is 16.8. The minimum atomic E-state index is -4.42. The molecular weight excluding hydrogens is 483 g/mol. The zero-order valence-corrected chi connectivity index (χ0v) is 20.0. The molecule has 37 heavy (non-hydrogen) atoms. The van der Waals surface area contributed by atoms with Crippen molar-refractivity contribution in [3.05, 3.63) is 83.6 Å². The smallest absolute Gasteiger partial charge is 0.353 e. The first-order valence-corrected chi connectivity index (χ1v) is 12.2. The number of amides is 2. The van der Waals surface area contributed by atoms with Crippen LogP contribution in [0.3, 0.4) is 0 Å². The van der Waals surface area contributed by atoms with Crippen molar-refractivity contribution in [3.63, 3.8) is 0 Å². The fourth-order valence-electron chi connectivity index (χ4n) is 4.78. The Hall–Kier alpha value is -3.95. The van der Waals surface area contributed by atoms with Crippen LogP contribution < -0.4 is 10.2 Å². The van der Waals surface area contributed by atoms with Gasteiger partial charge in [-0.1, -0.05) is 12.1 Å². The molecule has 192 valence electrons. The van der Waals surface area contributed by atoms with Crippen LogP contribution in [-0.2, 0) is 11.0 Å². The molecule has 1 N–H and O–H groups in total. The lowest BCUT2D eigenvalue weighted by atomic mass is 9.89. The van der Waals surface area contributed by atoms with Gasteiger partial charge in [-0.05, 0) is 72.9 Å². The Morgan fingerprint density at radius 3 is 2.19 bits per heavy atom. The third-order valence-electron chi connectivity index (χ3n) is 7.03. The molecule has 2 saturated heterocycles. The van der Waals surface area contributed by atoms with Gasteiger partial charge >= 0.3 is 6.18 Å². The van der Waals surface area contributed by atoms with Gasteiger partial charge in [0.05, 0.1) is 11.5 Å². The molecule has 2 aliphatic heterocycles. The van der Waals surface area contributed by atoms with Crippen LogP contribution in [0.4, 0.5) is 24.7 Å². The number of carbonyl (C=O) groups is 2. The number of alkyl halides is 3. The second-order valence-electron chi connectivity index (χ2n) is 9.44. The minimum Gasteiger partial charge on any atom is -0.353 e. The Bertz CT molecular complexity index is 1240. The summed E-state index contributed by atoms with van der Waals surface area (Å²) >= 11 is 0. The fraction of sp³-hybridized carbons (Fsp3) is 0.333. The lowest BCUT2D eigenvalue weighted by Crippen LogP contribution is -2.52. The van der Waals surface area contributed by atoms with E-state index in [4.69, 9.17) is 0 Å². The van der Waals surface area contributed by atoms with E-state index < -0.39 is 11.7 Å². The Morgan fingerprint density at radius 2 is 1.59 bits per heavy atom. The van der Waals surface area contributed by atoms with Gasteiger partial charge in [0.1, 0.15) is 0 Å². The van der Waals surface area contributed by atoms with E-state index in [-0.39, 0.29) is 29.2 Å². The maximum atomic E-state index is 12.8. The number of carbonyl (C=O) groups excluding carboxylic acids is 2. The SMILES string of the molecule is O=C(Nc1ccc(C2CCN(C(=O)c3ccc(C(F)(F)F)cc3)CC2)cc1)C1CN(c2cccnn2)C1. The summed E-state index contributed by atoms with van der Waals surface area (Å²) in [5, 5.41) is 10.9. The fourth-order valence-corrected chi connectivity index (χ4v) is 4.78. The van der Waals surface area contributed by atoms with Gasteiger partial charge in [-0.15, -0.1) is 5.10 Å². The number of anilines is 2. The quantitative estimate of drug-likeness (QED) is 0.545. The molecule has 2 aromatic carbocycles. The number of halogens is 3. The van der Waals surface area contributed by atoms with E-state index in [1.165, 1.54) is 12.1 Å². The second-order valence-corrected chi connectivity index (χ2v) is 9.44. The van der Waals surface area contributed by atoms with Gasteiger partial charge in [-0.3, -0.25) is 9.59 Å². The number of hydrogen-bond donors (Lipinski definition) is 1. The topological polar surface area (TPSA) is 78.4 Å². The molecular formula is C27H26F3N5O2. The zero-order chi connectivity index (χ0) is 26.0. The van der Waals surface area contributed by atoms with E-state index in [0.29, 0.717) is 26.2 Å². The summed E-state index contributed by atoms with van der Waals surface area (Å²) in [6.07, 6.45) is -1.28. The molecule has 7 nitrogen and oxygen atoms in total. The summed E-state index contributed by atoms with van der Waals surface area (Å²) in [6, 6.07) is 15.8. The lowest BCUT2D eigenvalue weighted by Gasteiger charge is -2.38. The van der Waals surface area contributed by atoms with Crippen molar-refractivity contribution in [2.24, 2.45) is 5.92 Å². The molecule has 3 heterocycles. The van der Waals surface area contributed by atoms with Crippen molar-refractivity contribution in [3.8, 4) is 0 Å². The molecule has 10 heteroatoms. The summed E-state index contributed by atoms with van der Waals surface area (Å²) in [5.41, 5.74) is 1.37. The Kier molecular flexibility index (Phi) is 6.82. The predicted octanol–water partition coefficient (Wildman–Crippen LogP) is 4.59. The maximum Gasteiger partial charge on any atom is 0.416 e. The molecule has 3 aromatic rings. The number of aromatic nitrogens is 2. The van der Waals surface area contributed by atoms with Gasteiger partial charge in [0.25, 0.3) is 5.91 Å². The molecule has 0 unspecified atom stereocenters. The molecule has 2 aliphatic rings. The largest absolute Gasteiger partial charge is 0.416 e. The summed E-state index contributed by atoms with van der Waals surface area (Å²) in [7, 11) is 0. The first-order valence-electron chi connectivity index (χ1n) is 12.2. The van der Waals surface area contributed by atoms with Crippen molar-refractivity contribution in [1.29, 1.82) is 0 Å². The molecule has 0 atom stereocenters. The van der Waals surface area contributed by atoms with Gasteiger partial charge in [0, 0.05) is 43.6 Å². The highest BCUT2D eigenvalue weighted by Gasteiger charge is 2.34. The lowest BCUT2D eigenvalue weighted by molar-refractivity contribution is -0.137. The van der Waals surface area contributed by atoms with E-state index in [1.807, 2.05) is 41.3 Å². The Morgan fingerprint density at radius 1 is 0.919 bits per heavy atom. The highest BCUT2D eigenvalue weighted by atomic mass is 19.4. The van der Waals surface area contributed by atoms with Gasteiger partial charge in [0.15, 0.2) is 5.82 Å². The van der Waals surface area contributed by atoms with E-state index in [1.54, 1.807) is 11.1 Å². The van der Waals surface area contributed by atoms with Crippen LogP contribution in [-0.4, -0.2) is 53.1 Å². The van der Waals surface area contributed by atoms with Gasteiger partial charge in [-0.2, -0.15) is 18.3 Å². The van der Waals surface area contributed by atoms with Crippen molar-refractivity contribution in [2.45, 2.75) is 24.9 Å². The zero-order valence-electron chi connectivity index (χ0n) is 20.0. The van der Waals surface area contributed by atoms with Crippen molar-refractivity contribution < 1.29 is 22.8 Å². The van der Waals surface area contributed by atoms with Crippen molar-refractivity contribution in [1.82, 2.24) is 15.1 Å². The molecule has 0 radical (unpaired) electrons.